The van der Waals surface area contributed by atoms with Gasteiger partial charge in [0.05, 0.1) is 62.8 Å². The molecule has 0 aliphatic heterocycles. The summed E-state index contributed by atoms with van der Waals surface area (Å²) in [4.78, 5) is 20.9. The molecular formula is C52H31N7. The third kappa shape index (κ3) is 6.45. The lowest BCUT2D eigenvalue weighted by Gasteiger charge is -2.20. The number of aromatic nitrogens is 5. The third-order valence-corrected chi connectivity index (χ3v) is 10.5. The van der Waals surface area contributed by atoms with E-state index in [-0.39, 0.29) is 0 Å². The Morgan fingerprint density at radius 1 is 0.356 bits per heavy atom. The molecule has 3 aromatic heterocycles. The first-order chi connectivity index (χ1) is 29.1. The molecule has 7 nitrogen and oxygen atoms in total. The van der Waals surface area contributed by atoms with Crippen LogP contribution in [0.5, 0.6) is 0 Å². The van der Waals surface area contributed by atoms with Gasteiger partial charge in [0, 0.05) is 44.2 Å². The number of para-hydroxylation sites is 1. The van der Waals surface area contributed by atoms with Gasteiger partial charge in [-0.1, -0.05) is 140 Å². The minimum absolute atomic E-state index is 0.419. The second-order valence-electron chi connectivity index (χ2n) is 14.1. The molecule has 0 unspecified atom stereocenters. The van der Waals surface area contributed by atoms with Crippen LogP contribution in [0.3, 0.4) is 0 Å². The van der Waals surface area contributed by atoms with Crippen molar-refractivity contribution in [2.24, 2.45) is 0 Å². The molecule has 0 amide bonds. The zero-order chi connectivity index (χ0) is 39.7. The quantitative estimate of drug-likeness (QED) is 0.160. The van der Waals surface area contributed by atoms with Crippen LogP contribution >= 0.6 is 0 Å². The average Bonchev–Trinajstić information content (AvgIpc) is 3.65. The molecule has 274 valence electrons. The molecule has 3 heterocycles. The molecule has 10 aromatic rings. The van der Waals surface area contributed by atoms with Crippen molar-refractivity contribution >= 4 is 21.8 Å². The van der Waals surface area contributed by atoms with E-state index in [4.69, 9.17) is 19.9 Å². The second-order valence-corrected chi connectivity index (χ2v) is 14.1. The van der Waals surface area contributed by atoms with Gasteiger partial charge in [0.25, 0.3) is 0 Å². The van der Waals surface area contributed by atoms with Gasteiger partial charge in [-0.05, 0) is 48.5 Å². The summed E-state index contributed by atoms with van der Waals surface area (Å²) in [5.41, 5.74) is 11.3. The summed E-state index contributed by atoms with van der Waals surface area (Å²) < 4.78 is 2.20. The lowest BCUT2D eigenvalue weighted by atomic mass is 9.97. The third-order valence-electron chi connectivity index (χ3n) is 10.5. The predicted molar refractivity (Wildman–Crippen MR) is 234 cm³/mol. The molecule has 0 spiro atoms. The van der Waals surface area contributed by atoms with E-state index in [1.165, 1.54) is 0 Å². The maximum Gasteiger partial charge on any atom is 0.162 e. The van der Waals surface area contributed by atoms with E-state index in [9.17, 15) is 10.5 Å². The topological polar surface area (TPSA) is 104 Å². The first-order valence-electron chi connectivity index (χ1n) is 19.2. The van der Waals surface area contributed by atoms with Crippen LogP contribution in [0.1, 0.15) is 11.1 Å². The van der Waals surface area contributed by atoms with E-state index in [1.54, 1.807) is 0 Å². The van der Waals surface area contributed by atoms with Gasteiger partial charge < -0.3 is 4.57 Å². The molecule has 0 bridgehead atoms. The van der Waals surface area contributed by atoms with Crippen molar-refractivity contribution in [1.82, 2.24) is 24.5 Å². The average molecular weight is 754 g/mol. The molecule has 0 N–H and O–H groups in total. The maximum atomic E-state index is 10.8. The number of nitrogens with zero attached hydrogens (tertiary/aromatic N) is 7. The Bertz CT molecular complexity index is 3010. The highest BCUT2D eigenvalue weighted by molar-refractivity contribution is 6.11. The van der Waals surface area contributed by atoms with Crippen LogP contribution in [-0.4, -0.2) is 24.5 Å². The molecule has 0 radical (unpaired) electrons. The highest BCUT2D eigenvalue weighted by Crippen LogP contribution is 2.43. The Morgan fingerprint density at radius 2 is 0.814 bits per heavy atom. The smallest absolute Gasteiger partial charge is 0.162 e. The van der Waals surface area contributed by atoms with E-state index < -0.39 is 0 Å². The first-order valence-corrected chi connectivity index (χ1v) is 19.2. The van der Waals surface area contributed by atoms with Crippen molar-refractivity contribution in [3.63, 3.8) is 0 Å². The highest BCUT2D eigenvalue weighted by atomic mass is 15.0. The number of rotatable bonds is 7. The summed E-state index contributed by atoms with van der Waals surface area (Å²) >= 11 is 0. The van der Waals surface area contributed by atoms with Gasteiger partial charge in [-0.3, -0.25) is 0 Å². The van der Waals surface area contributed by atoms with Crippen LogP contribution in [0, 0.1) is 22.7 Å². The van der Waals surface area contributed by atoms with Crippen molar-refractivity contribution in [2.45, 2.75) is 0 Å². The maximum absolute atomic E-state index is 10.8. The molecule has 0 aliphatic carbocycles. The fourth-order valence-electron chi connectivity index (χ4n) is 7.73. The number of benzene rings is 7. The zero-order valence-electron chi connectivity index (χ0n) is 31.5. The Kier molecular flexibility index (Phi) is 8.80. The first kappa shape index (κ1) is 34.9. The lowest BCUT2D eigenvalue weighted by molar-refractivity contribution is 1.13. The molecule has 0 atom stereocenters. The van der Waals surface area contributed by atoms with Crippen LogP contribution in [0.15, 0.2) is 188 Å². The minimum atomic E-state index is 0.419. The molecule has 0 saturated carbocycles. The van der Waals surface area contributed by atoms with Gasteiger partial charge in [0.1, 0.15) is 0 Å². The van der Waals surface area contributed by atoms with Crippen molar-refractivity contribution in [1.29, 1.82) is 10.5 Å². The SMILES string of the molecule is N#Cc1cc(-c2cc(-c3ccccc3)nc(-c3ccccc3)n2)c(-n2c3ccccc3c3cc(C#N)ccc32)c(-c2nc(-c3ccccc3)cc(-c3ccccc3)n2)c1. The Hall–Kier alpha value is -8.52. The van der Waals surface area contributed by atoms with E-state index in [0.717, 1.165) is 66.8 Å². The molecule has 0 aliphatic rings. The van der Waals surface area contributed by atoms with E-state index >= 15 is 0 Å². The summed E-state index contributed by atoms with van der Waals surface area (Å²) in [6, 6.07) is 66.5. The van der Waals surface area contributed by atoms with Gasteiger partial charge in [0.15, 0.2) is 11.6 Å². The monoisotopic (exact) mass is 753 g/mol. The summed E-state index contributed by atoms with van der Waals surface area (Å²) in [6.07, 6.45) is 0. The van der Waals surface area contributed by atoms with E-state index in [1.807, 2.05) is 176 Å². The van der Waals surface area contributed by atoms with Gasteiger partial charge in [-0.25, -0.2) is 19.9 Å². The number of fused-ring (bicyclic) bond motifs is 3. The second kappa shape index (κ2) is 14.9. The molecule has 0 fully saturated rings. The summed E-state index contributed by atoms with van der Waals surface area (Å²) in [7, 11) is 0. The predicted octanol–water partition coefficient (Wildman–Crippen LogP) is 12.1. The molecular weight excluding hydrogens is 723 g/mol. The summed E-state index contributed by atoms with van der Waals surface area (Å²) in [6.45, 7) is 0. The van der Waals surface area contributed by atoms with Crippen LogP contribution in [-0.2, 0) is 0 Å². The fourth-order valence-corrected chi connectivity index (χ4v) is 7.73. The Balaban J connectivity index is 1.37. The van der Waals surface area contributed by atoms with Crippen LogP contribution < -0.4 is 0 Å². The van der Waals surface area contributed by atoms with Gasteiger partial charge >= 0.3 is 0 Å². The molecule has 59 heavy (non-hydrogen) atoms. The number of hydrogen-bond donors (Lipinski definition) is 0. The van der Waals surface area contributed by atoms with Crippen molar-refractivity contribution in [3.8, 4) is 85.6 Å². The van der Waals surface area contributed by atoms with Gasteiger partial charge in [-0.15, -0.1) is 0 Å². The summed E-state index contributed by atoms with van der Waals surface area (Å²) in [5, 5.41) is 22.7. The Morgan fingerprint density at radius 3 is 1.39 bits per heavy atom. The number of hydrogen-bond acceptors (Lipinski definition) is 6. The van der Waals surface area contributed by atoms with E-state index in [2.05, 4.69) is 28.8 Å². The molecule has 0 saturated heterocycles. The number of nitriles is 2. The summed E-state index contributed by atoms with van der Waals surface area (Å²) in [5.74, 6) is 0.991. The molecule has 7 aromatic carbocycles. The van der Waals surface area contributed by atoms with Crippen LogP contribution in [0.2, 0.25) is 0 Å². The van der Waals surface area contributed by atoms with Crippen LogP contribution in [0.4, 0.5) is 0 Å². The molecule has 7 heteroatoms. The van der Waals surface area contributed by atoms with Crippen molar-refractivity contribution in [2.75, 3.05) is 0 Å². The Labute approximate surface area is 340 Å². The minimum Gasteiger partial charge on any atom is -0.308 e. The zero-order valence-corrected chi connectivity index (χ0v) is 31.5. The largest absolute Gasteiger partial charge is 0.308 e. The van der Waals surface area contributed by atoms with Gasteiger partial charge in [-0.2, -0.15) is 10.5 Å². The lowest BCUT2D eigenvalue weighted by Crippen LogP contribution is -2.06. The highest BCUT2D eigenvalue weighted by Gasteiger charge is 2.25. The van der Waals surface area contributed by atoms with E-state index in [0.29, 0.717) is 39.6 Å². The normalized spacial score (nSPS) is 11.0. The molecule has 10 rings (SSSR count). The van der Waals surface area contributed by atoms with Gasteiger partial charge in [0.2, 0.25) is 0 Å². The van der Waals surface area contributed by atoms with Crippen molar-refractivity contribution in [3.05, 3.63) is 199 Å². The standard InChI is InChI=1S/C52H31N7/c53-32-34-25-26-49-41(27-34)40-23-13-14-24-48(40)59(49)50-42(47-31-46(38-19-9-3-10-20-38)55-51(58-47)39-21-11-4-12-22-39)28-35(33-54)29-43(50)52-56-44(36-15-5-1-6-16-36)30-45(57-52)37-17-7-2-8-18-37/h1-31H. The van der Waals surface area contributed by atoms with Crippen molar-refractivity contribution < 1.29 is 0 Å². The fraction of sp³-hybridized carbons (Fsp3) is 0. The van der Waals surface area contributed by atoms with Crippen LogP contribution in [0.25, 0.3) is 95.3 Å².